The summed E-state index contributed by atoms with van der Waals surface area (Å²) >= 11 is 0. The second-order valence-corrected chi connectivity index (χ2v) is 5.43. The zero-order valence-corrected chi connectivity index (χ0v) is 12.3. The van der Waals surface area contributed by atoms with Gasteiger partial charge in [0.25, 0.3) is 0 Å². The van der Waals surface area contributed by atoms with E-state index in [4.69, 9.17) is 12.3 Å². The van der Waals surface area contributed by atoms with Crippen molar-refractivity contribution in [1.82, 2.24) is 4.98 Å². The standard InChI is InChI=1S/C19H14BNO/c1-2-12-11-21-8-7-14(12)13-9-16-15-5-3-4-6-18(15)22-19(16)17(20)10-13/h3-11H,2H2,1H3. The number of para-hydroxylation sites is 1. The fraction of sp³-hybridized carbons (Fsp3) is 0.105. The molecule has 0 aliphatic carbocycles. The Morgan fingerprint density at radius 1 is 1.09 bits per heavy atom. The summed E-state index contributed by atoms with van der Waals surface area (Å²) in [6.07, 6.45) is 4.68. The van der Waals surface area contributed by atoms with Gasteiger partial charge in [0.05, 0.1) is 0 Å². The second kappa shape index (κ2) is 5.02. The van der Waals surface area contributed by atoms with E-state index in [9.17, 15) is 0 Å². The van der Waals surface area contributed by atoms with E-state index in [1.54, 1.807) is 0 Å². The highest BCUT2D eigenvalue weighted by Gasteiger charge is 2.12. The van der Waals surface area contributed by atoms with Gasteiger partial charge in [-0.05, 0) is 41.3 Å². The lowest BCUT2D eigenvalue weighted by molar-refractivity contribution is 0.671. The van der Waals surface area contributed by atoms with E-state index in [0.717, 1.165) is 33.9 Å². The second-order valence-electron chi connectivity index (χ2n) is 5.43. The lowest BCUT2D eigenvalue weighted by Gasteiger charge is -2.09. The fourth-order valence-corrected chi connectivity index (χ4v) is 3.00. The molecule has 0 atom stereocenters. The molecule has 2 aromatic carbocycles. The topological polar surface area (TPSA) is 26.0 Å². The van der Waals surface area contributed by atoms with Gasteiger partial charge in [-0.15, -0.1) is 0 Å². The third-order valence-electron chi connectivity index (χ3n) is 4.10. The quantitative estimate of drug-likeness (QED) is 0.520. The van der Waals surface area contributed by atoms with Crippen molar-refractivity contribution in [1.29, 1.82) is 0 Å². The first kappa shape index (κ1) is 13.1. The first-order valence-electron chi connectivity index (χ1n) is 7.42. The molecule has 0 aliphatic rings. The van der Waals surface area contributed by atoms with Crippen LogP contribution in [0.3, 0.4) is 0 Å². The Morgan fingerprint density at radius 2 is 1.95 bits per heavy atom. The number of aryl methyl sites for hydroxylation is 1. The molecule has 0 fully saturated rings. The van der Waals surface area contributed by atoms with Gasteiger partial charge in [-0.3, -0.25) is 4.98 Å². The number of fused-ring (bicyclic) bond motifs is 3. The van der Waals surface area contributed by atoms with Crippen molar-refractivity contribution in [3.63, 3.8) is 0 Å². The predicted octanol–water partition coefficient (Wildman–Crippen LogP) is 4.00. The lowest BCUT2D eigenvalue weighted by atomic mass is 9.88. The fourth-order valence-electron chi connectivity index (χ4n) is 3.00. The molecule has 0 unspecified atom stereocenters. The summed E-state index contributed by atoms with van der Waals surface area (Å²) in [7, 11) is 6.24. The van der Waals surface area contributed by atoms with Crippen LogP contribution in [0.4, 0.5) is 0 Å². The van der Waals surface area contributed by atoms with Crippen LogP contribution in [0, 0.1) is 0 Å². The summed E-state index contributed by atoms with van der Waals surface area (Å²) in [5.74, 6) is 0. The molecule has 22 heavy (non-hydrogen) atoms. The molecule has 4 rings (SSSR count). The van der Waals surface area contributed by atoms with Gasteiger partial charge in [0.1, 0.15) is 19.0 Å². The van der Waals surface area contributed by atoms with Crippen molar-refractivity contribution in [2.24, 2.45) is 0 Å². The van der Waals surface area contributed by atoms with Gasteiger partial charge >= 0.3 is 0 Å². The summed E-state index contributed by atoms with van der Waals surface area (Å²) in [4.78, 5) is 4.22. The molecule has 0 amide bonds. The highest BCUT2D eigenvalue weighted by atomic mass is 16.3. The summed E-state index contributed by atoms with van der Waals surface area (Å²) in [5.41, 5.74) is 5.80. The first-order chi connectivity index (χ1) is 10.8. The minimum atomic E-state index is 0.669. The van der Waals surface area contributed by atoms with E-state index in [2.05, 4.69) is 24.0 Å². The van der Waals surface area contributed by atoms with Gasteiger partial charge in [0.2, 0.25) is 0 Å². The van der Waals surface area contributed by atoms with Gasteiger partial charge in [-0.1, -0.05) is 36.7 Å². The van der Waals surface area contributed by atoms with Crippen molar-refractivity contribution in [3.8, 4) is 11.1 Å². The number of aromatic nitrogens is 1. The van der Waals surface area contributed by atoms with Crippen LogP contribution in [0.1, 0.15) is 12.5 Å². The zero-order valence-electron chi connectivity index (χ0n) is 12.3. The number of furan rings is 1. The van der Waals surface area contributed by atoms with Crippen molar-refractivity contribution in [2.75, 3.05) is 0 Å². The molecule has 2 radical (unpaired) electrons. The van der Waals surface area contributed by atoms with Crippen molar-refractivity contribution in [3.05, 3.63) is 60.4 Å². The zero-order chi connectivity index (χ0) is 15.1. The molecule has 0 saturated carbocycles. The van der Waals surface area contributed by atoms with Crippen molar-refractivity contribution >= 4 is 35.2 Å². The molecule has 0 bridgehead atoms. The van der Waals surface area contributed by atoms with Gasteiger partial charge < -0.3 is 4.42 Å². The summed E-state index contributed by atoms with van der Waals surface area (Å²) in [5, 5.41) is 2.16. The Bertz CT molecular complexity index is 987. The highest BCUT2D eigenvalue weighted by molar-refractivity contribution is 6.39. The third kappa shape index (κ3) is 1.93. The number of pyridine rings is 1. The number of rotatable bonds is 2. The van der Waals surface area contributed by atoms with Crippen LogP contribution in [0.25, 0.3) is 33.1 Å². The van der Waals surface area contributed by atoms with Gasteiger partial charge in [0.15, 0.2) is 0 Å². The molecular formula is C19H14BNO. The Morgan fingerprint density at radius 3 is 2.82 bits per heavy atom. The van der Waals surface area contributed by atoms with E-state index in [-0.39, 0.29) is 0 Å². The molecule has 0 aliphatic heterocycles. The molecular weight excluding hydrogens is 269 g/mol. The molecule has 3 heteroatoms. The minimum Gasteiger partial charge on any atom is -0.457 e. The minimum absolute atomic E-state index is 0.669. The number of hydrogen-bond acceptors (Lipinski definition) is 2. The maximum atomic E-state index is 6.24. The number of hydrogen-bond donors (Lipinski definition) is 0. The summed E-state index contributed by atoms with van der Waals surface area (Å²) < 4.78 is 5.89. The Hall–Kier alpha value is -2.55. The molecule has 4 aromatic rings. The van der Waals surface area contributed by atoms with Crippen LogP contribution < -0.4 is 5.46 Å². The molecule has 0 N–H and O–H groups in total. The molecule has 2 aromatic heterocycles. The summed E-state index contributed by atoms with van der Waals surface area (Å²) in [6, 6.07) is 14.2. The van der Waals surface area contributed by atoms with E-state index in [1.807, 2.05) is 42.7 Å². The Balaban J connectivity index is 2.05. The highest BCUT2D eigenvalue weighted by Crippen LogP contribution is 2.32. The molecule has 0 saturated heterocycles. The number of nitrogens with zero attached hydrogens (tertiary/aromatic N) is 1. The van der Waals surface area contributed by atoms with Crippen LogP contribution in [-0.2, 0) is 6.42 Å². The maximum Gasteiger partial charge on any atom is 0.135 e. The van der Waals surface area contributed by atoms with Gasteiger partial charge in [-0.25, -0.2) is 0 Å². The van der Waals surface area contributed by atoms with Gasteiger partial charge in [-0.2, -0.15) is 0 Å². The van der Waals surface area contributed by atoms with Crippen LogP contribution >= 0.6 is 0 Å². The van der Waals surface area contributed by atoms with Crippen LogP contribution in [0.2, 0.25) is 0 Å². The maximum absolute atomic E-state index is 6.24. The molecule has 2 heterocycles. The lowest BCUT2D eigenvalue weighted by Crippen LogP contribution is -2.03. The van der Waals surface area contributed by atoms with Gasteiger partial charge in [0, 0.05) is 23.2 Å². The van der Waals surface area contributed by atoms with E-state index < -0.39 is 0 Å². The third-order valence-corrected chi connectivity index (χ3v) is 4.10. The normalized spacial score (nSPS) is 11.3. The average molecular weight is 283 g/mol. The smallest absolute Gasteiger partial charge is 0.135 e. The number of benzene rings is 2. The monoisotopic (exact) mass is 283 g/mol. The molecule has 104 valence electrons. The first-order valence-corrected chi connectivity index (χ1v) is 7.42. The Kier molecular flexibility index (Phi) is 3.00. The summed E-state index contributed by atoms with van der Waals surface area (Å²) in [6.45, 7) is 2.13. The van der Waals surface area contributed by atoms with Crippen LogP contribution in [-0.4, -0.2) is 12.8 Å². The molecule has 0 spiro atoms. The van der Waals surface area contributed by atoms with E-state index in [0.29, 0.717) is 5.46 Å². The van der Waals surface area contributed by atoms with Crippen LogP contribution in [0.5, 0.6) is 0 Å². The largest absolute Gasteiger partial charge is 0.457 e. The predicted molar refractivity (Wildman–Crippen MR) is 91.7 cm³/mol. The molecule has 2 nitrogen and oxygen atoms in total. The average Bonchev–Trinajstić information content (AvgIpc) is 2.94. The van der Waals surface area contributed by atoms with Crippen molar-refractivity contribution < 1.29 is 4.42 Å². The van der Waals surface area contributed by atoms with E-state index >= 15 is 0 Å². The van der Waals surface area contributed by atoms with Crippen LogP contribution in [0.15, 0.2) is 59.3 Å². The van der Waals surface area contributed by atoms with Crippen molar-refractivity contribution in [2.45, 2.75) is 13.3 Å². The SMILES string of the molecule is [B]c1cc(-c2ccncc2CC)cc2c1oc1ccccc12. The van der Waals surface area contributed by atoms with E-state index in [1.165, 1.54) is 11.1 Å². The Labute approximate surface area is 130 Å².